The van der Waals surface area contributed by atoms with E-state index in [1.807, 2.05) is 6.92 Å². The Hall–Kier alpha value is -2.45. The lowest BCUT2D eigenvalue weighted by Gasteiger charge is -2.33. The molecule has 6 nitrogen and oxygen atoms in total. The van der Waals surface area contributed by atoms with E-state index in [0.29, 0.717) is 34.4 Å². The van der Waals surface area contributed by atoms with Gasteiger partial charge < -0.3 is 15.8 Å². The predicted octanol–water partition coefficient (Wildman–Crippen LogP) is 4.91. The Bertz CT molecular complexity index is 1010. The Kier molecular flexibility index (Phi) is 7.56. The minimum atomic E-state index is -0.476. The molecule has 1 aliphatic rings. The molecule has 0 radical (unpaired) electrons. The van der Waals surface area contributed by atoms with Gasteiger partial charge in [0.1, 0.15) is 10.8 Å². The zero-order chi connectivity index (χ0) is 23.5. The maximum atomic E-state index is 12.6. The minimum Gasteiger partial charge on any atom is -0.494 e. The number of ether oxygens (including phenoxy) is 1. The third-order valence-electron chi connectivity index (χ3n) is 5.78. The van der Waals surface area contributed by atoms with Crippen molar-refractivity contribution in [2.75, 3.05) is 11.9 Å². The number of hydrogen-bond donors (Lipinski definition) is 3. The molecular weight excluding hydrogens is 442 g/mol. The summed E-state index contributed by atoms with van der Waals surface area (Å²) in [5, 5.41) is 6.45. The molecule has 0 spiro atoms. The third kappa shape index (κ3) is 5.66. The van der Waals surface area contributed by atoms with Crippen LogP contribution in [-0.2, 0) is 12.8 Å². The van der Waals surface area contributed by atoms with E-state index in [1.54, 1.807) is 24.3 Å². The van der Waals surface area contributed by atoms with Gasteiger partial charge in [-0.1, -0.05) is 27.7 Å². The molecule has 0 saturated carbocycles. The van der Waals surface area contributed by atoms with Crippen molar-refractivity contribution in [1.82, 2.24) is 5.32 Å². The Labute approximate surface area is 198 Å². The molecule has 1 aromatic carbocycles. The van der Waals surface area contributed by atoms with Crippen LogP contribution in [0.3, 0.4) is 0 Å². The summed E-state index contributed by atoms with van der Waals surface area (Å²) in [4.78, 5) is 26.0. The molecular formula is C24H31N3O3S2. The zero-order valence-corrected chi connectivity index (χ0v) is 20.7. The number of carbonyl (C=O) groups excluding carboxylic acids is 2. The van der Waals surface area contributed by atoms with Crippen molar-refractivity contribution in [3.63, 3.8) is 0 Å². The molecule has 8 heteroatoms. The van der Waals surface area contributed by atoms with Crippen LogP contribution in [0.4, 0.5) is 5.00 Å². The maximum absolute atomic E-state index is 12.6. The van der Waals surface area contributed by atoms with Gasteiger partial charge in [-0.3, -0.25) is 14.9 Å². The maximum Gasteiger partial charge on any atom is 0.257 e. The number of benzene rings is 1. The second kappa shape index (κ2) is 10.0. The van der Waals surface area contributed by atoms with Gasteiger partial charge in [-0.15, -0.1) is 11.3 Å². The van der Waals surface area contributed by atoms with Crippen LogP contribution in [0, 0.1) is 11.3 Å². The number of hydrogen-bond acceptors (Lipinski definition) is 5. The quantitative estimate of drug-likeness (QED) is 0.518. The second-order valence-electron chi connectivity index (χ2n) is 9.16. The van der Waals surface area contributed by atoms with Crippen molar-refractivity contribution < 1.29 is 14.3 Å². The number of nitrogens with two attached hydrogens (primary N) is 1. The van der Waals surface area contributed by atoms with Gasteiger partial charge in [0.2, 0.25) is 0 Å². The summed E-state index contributed by atoms with van der Waals surface area (Å²) >= 11 is 6.86. The number of amides is 2. The van der Waals surface area contributed by atoms with Crippen LogP contribution in [-0.4, -0.2) is 23.5 Å². The van der Waals surface area contributed by atoms with Gasteiger partial charge in [0.05, 0.1) is 12.2 Å². The average molecular weight is 474 g/mol. The zero-order valence-electron chi connectivity index (χ0n) is 19.0. The highest BCUT2D eigenvalue weighted by atomic mass is 32.1. The highest BCUT2D eigenvalue weighted by molar-refractivity contribution is 7.80. The first kappa shape index (κ1) is 24.2. The van der Waals surface area contributed by atoms with Crippen LogP contribution in [0.5, 0.6) is 5.75 Å². The number of thiocarbonyl (C=S) groups is 1. The fourth-order valence-electron chi connectivity index (χ4n) is 3.91. The molecule has 1 atom stereocenters. The number of nitrogens with one attached hydrogen (secondary N) is 2. The molecule has 2 amide bonds. The first-order chi connectivity index (χ1) is 15.1. The topological polar surface area (TPSA) is 93.4 Å². The van der Waals surface area contributed by atoms with Gasteiger partial charge in [-0.2, -0.15) is 0 Å². The number of thiophene rings is 1. The minimum absolute atomic E-state index is 0.134. The number of anilines is 1. The lowest BCUT2D eigenvalue weighted by molar-refractivity contribution is 0.0975. The second-order valence-corrected chi connectivity index (χ2v) is 10.7. The SMILES string of the molecule is CCCOc1ccc(C(=O)NC(=S)Nc2sc3c(c2C(N)=O)CCC(C(C)(C)C)C3)cc1. The summed E-state index contributed by atoms with van der Waals surface area (Å²) in [6.45, 7) is 9.40. The number of carbonyl (C=O) groups is 2. The van der Waals surface area contributed by atoms with Crippen LogP contribution in [0.25, 0.3) is 0 Å². The molecule has 32 heavy (non-hydrogen) atoms. The van der Waals surface area contributed by atoms with Crippen LogP contribution in [0.1, 0.15) is 71.7 Å². The van der Waals surface area contributed by atoms with Gasteiger partial charge in [0.15, 0.2) is 5.11 Å². The number of rotatable bonds is 6. The lowest BCUT2D eigenvalue weighted by Crippen LogP contribution is -2.34. The van der Waals surface area contributed by atoms with Gasteiger partial charge in [0.25, 0.3) is 11.8 Å². The Balaban J connectivity index is 1.70. The largest absolute Gasteiger partial charge is 0.494 e. The van der Waals surface area contributed by atoms with Crippen molar-refractivity contribution in [2.24, 2.45) is 17.1 Å². The van der Waals surface area contributed by atoms with Gasteiger partial charge >= 0.3 is 0 Å². The number of fused-ring (bicyclic) bond motifs is 1. The molecule has 3 rings (SSSR count). The lowest BCUT2D eigenvalue weighted by atomic mass is 9.72. The van der Waals surface area contributed by atoms with Crippen molar-refractivity contribution in [3.05, 3.63) is 45.8 Å². The molecule has 1 heterocycles. The first-order valence-corrected chi connectivity index (χ1v) is 12.1. The standard InChI is InChI=1S/C24H31N3O3S2/c1-5-12-30-16-9-6-14(7-10-16)21(29)26-23(31)27-22-19(20(25)28)17-11-8-15(24(2,3)4)13-18(17)32-22/h6-7,9-10,15H,5,8,11-13H2,1-4H3,(H2,25,28)(H2,26,27,29,31). The van der Waals surface area contributed by atoms with E-state index in [0.717, 1.165) is 31.2 Å². The van der Waals surface area contributed by atoms with E-state index in [1.165, 1.54) is 16.2 Å². The fourth-order valence-corrected chi connectivity index (χ4v) is 5.50. The highest BCUT2D eigenvalue weighted by Crippen LogP contribution is 2.44. The normalized spacial score (nSPS) is 15.6. The van der Waals surface area contributed by atoms with E-state index in [-0.39, 0.29) is 16.4 Å². The summed E-state index contributed by atoms with van der Waals surface area (Å²) in [6, 6.07) is 6.89. The Morgan fingerprint density at radius 3 is 2.53 bits per heavy atom. The van der Waals surface area contributed by atoms with Crippen LogP contribution >= 0.6 is 23.6 Å². The van der Waals surface area contributed by atoms with E-state index in [2.05, 4.69) is 31.4 Å². The average Bonchev–Trinajstić information content (AvgIpc) is 3.08. The molecule has 4 N–H and O–H groups in total. The van der Waals surface area contributed by atoms with Crippen molar-refractivity contribution in [1.29, 1.82) is 0 Å². The van der Waals surface area contributed by atoms with E-state index in [4.69, 9.17) is 22.7 Å². The van der Waals surface area contributed by atoms with Gasteiger partial charge in [0, 0.05) is 10.4 Å². The van der Waals surface area contributed by atoms with E-state index >= 15 is 0 Å². The molecule has 0 bridgehead atoms. The molecule has 0 aliphatic heterocycles. The molecule has 0 fully saturated rings. The first-order valence-electron chi connectivity index (χ1n) is 10.9. The predicted molar refractivity (Wildman–Crippen MR) is 134 cm³/mol. The third-order valence-corrected chi connectivity index (χ3v) is 7.15. The van der Waals surface area contributed by atoms with E-state index < -0.39 is 5.91 Å². The van der Waals surface area contributed by atoms with Gasteiger partial charge in [-0.05, 0) is 79.1 Å². The molecule has 1 aliphatic carbocycles. The highest BCUT2D eigenvalue weighted by Gasteiger charge is 2.33. The number of primary amides is 1. The summed E-state index contributed by atoms with van der Waals surface area (Å²) in [5.74, 6) is 0.446. The molecule has 1 aromatic heterocycles. The summed E-state index contributed by atoms with van der Waals surface area (Å²) < 4.78 is 5.54. The van der Waals surface area contributed by atoms with Crippen molar-refractivity contribution in [2.45, 2.75) is 53.4 Å². The summed E-state index contributed by atoms with van der Waals surface area (Å²) in [5.41, 5.74) is 7.88. The molecule has 0 saturated heterocycles. The van der Waals surface area contributed by atoms with Crippen LogP contribution in [0.2, 0.25) is 0 Å². The van der Waals surface area contributed by atoms with Gasteiger partial charge in [-0.25, -0.2) is 0 Å². The molecule has 1 unspecified atom stereocenters. The smallest absolute Gasteiger partial charge is 0.257 e. The molecule has 2 aromatic rings. The monoisotopic (exact) mass is 473 g/mol. The summed E-state index contributed by atoms with van der Waals surface area (Å²) in [7, 11) is 0. The Morgan fingerprint density at radius 1 is 1.25 bits per heavy atom. The molecule has 172 valence electrons. The fraction of sp³-hybridized carbons (Fsp3) is 0.458. The Morgan fingerprint density at radius 2 is 1.94 bits per heavy atom. The van der Waals surface area contributed by atoms with Crippen LogP contribution in [0.15, 0.2) is 24.3 Å². The van der Waals surface area contributed by atoms with Crippen LogP contribution < -0.4 is 21.1 Å². The van der Waals surface area contributed by atoms with E-state index in [9.17, 15) is 9.59 Å². The van der Waals surface area contributed by atoms with Crippen molar-refractivity contribution >= 4 is 45.5 Å². The summed E-state index contributed by atoms with van der Waals surface area (Å²) in [6.07, 6.45) is 3.67. The van der Waals surface area contributed by atoms with Crippen molar-refractivity contribution in [3.8, 4) is 5.75 Å².